The van der Waals surface area contributed by atoms with Gasteiger partial charge in [-0.1, -0.05) is 12.2 Å². The van der Waals surface area contributed by atoms with Crippen molar-refractivity contribution in [3.05, 3.63) is 23.8 Å². The lowest BCUT2D eigenvalue weighted by molar-refractivity contribution is -0.141. The number of benzene rings is 1. The Morgan fingerprint density at radius 3 is 2.68 bits per heavy atom. The number of carbonyl (C=O) groups is 1. The van der Waals surface area contributed by atoms with E-state index in [1.807, 2.05) is 0 Å². The van der Waals surface area contributed by atoms with E-state index in [1.54, 1.807) is 44.2 Å². The van der Waals surface area contributed by atoms with E-state index in [1.165, 1.54) is 0 Å². The Bertz CT molecular complexity index is 477. The van der Waals surface area contributed by atoms with Crippen LogP contribution in [0.1, 0.15) is 12.5 Å². The van der Waals surface area contributed by atoms with Crippen LogP contribution in [0.3, 0.4) is 0 Å². The highest BCUT2D eigenvalue weighted by molar-refractivity contribution is 7.80. The predicted molar refractivity (Wildman–Crippen MR) is 78.8 cm³/mol. The smallest absolute Gasteiger partial charge is 0.325 e. The quantitative estimate of drug-likeness (QED) is 0.627. The maximum absolute atomic E-state index is 11.5. The molecule has 0 spiro atoms. The number of esters is 1. The van der Waals surface area contributed by atoms with Crippen molar-refractivity contribution in [1.82, 2.24) is 0 Å². The summed E-state index contributed by atoms with van der Waals surface area (Å²) >= 11 is 5.01. The van der Waals surface area contributed by atoms with E-state index in [2.05, 4.69) is 0 Å². The molecule has 0 heterocycles. The minimum Gasteiger partial charge on any atom is -0.497 e. The summed E-state index contributed by atoms with van der Waals surface area (Å²) in [6.07, 6.45) is 0. The van der Waals surface area contributed by atoms with E-state index >= 15 is 0 Å². The lowest BCUT2D eigenvalue weighted by Gasteiger charge is -2.21. The normalized spacial score (nSPS) is 9.84. The second kappa shape index (κ2) is 6.94. The van der Waals surface area contributed by atoms with E-state index in [0.29, 0.717) is 17.9 Å². The topological polar surface area (TPSA) is 64.8 Å². The molecule has 5 nitrogen and oxygen atoms in total. The highest BCUT2D eigenvalue weighted by Crippen LogP contribution is 2.25. The van der Waals surface area contributed by atoms with Gasteiger partial charge in [0.15, 0.2) is 0 Å². The maximum atomic E-state index is 11.5. The minimum absolute atomic E-state index is 0.122. The number of thiocarbonyl (C=S) groups is 1. The van der Waals surface area contributed by atoms with Gasteiger partial charge in [-0.25, -0.2) is 0 Å². The third-order valence-corrected chi connectivity index (χ3v) is 2.77. The predicted octanol–water partition coefficient (Wildman–Crippen LogP) is 1.33. The summed E-state index contributed by atoms with van der Waals surface area (Å²) in [7, 11) is 3.35. The van der Waals surface area contributed by atoms with Gasteiger partial charge >= 0.3 is 5.97 Å². The molecule has 0 aromatic heterocycles. The van der Waals surface area contributed by atoms with Crippen molar-refractivity contribution in [3.63, 3.8) is 0 Å². The third-order valence-electron chi connectivity index (χ3n) is 2.55. The molecule has 2 N–H and O–H groups in total. The Hall–Kier alpha value is -1.82. The summed E-state index contributed by atoms with van der Waals surface area (Å²) < 4.78 is 10.1. The zero-order valence-electron chi connectivity index (χ0n) is 11.3. The molecule has 0 atom stereocenters. The maximum Gasteiger partial charge on any atom is 0.325 e. The van der Waals surface area contributed by atoms with E-state index in [-0.39, 0.29) is 17.5 Å². The van der Waals surface area contributed by atoms with Crippen LogP contribution in [0, 0.1) is 0 Å². The van der Waals surface area contributed by atoms with E-state index in [9.17, 15) is 4.79 Å². The second-order valence-electron chi connectivity index (χ2n) is 3.91. The number of carbonyl (C=O) groups excluding carboxylic acids is 1. The number of hydrogen-bond donors (Lipinski definition) is 1. The molecule has 0 amide bonds. The van der Waals surface area contributed by atoms with Gasteiger partial charge in [0.2, 0.25) is 0 Å². The third kappa shape index (κ3) is 4.10. The van der Waals surface area contributed by atoms with Crippen molar-refractivity contribution in [1.29, 1.82) is 0 Å². The second-order valence-corrected chi connectivity index (χ2v) is 4.35. The SMILES string of the molecule is CCOC(=O)CN(C)c1cc(OC)ccc1C(N)=S. The van der Waals surface area contributed by atoms with Gasteiger partial charge in [0.05, 0.1) is 19.4 Å². The van der Waals surface area contributed by atoms with Crippen LogP contribution >= 0.6 is 12.2 Å². The van der Waals surface area contributed by atoms with Crippen LogP contribution in [0.15, 0.2) is 18.2 Å². The number of methoxy groups -OCH3 is 1. The molecule has 1 rings (SSSR count). The zero-order valence-corrected chi connectivity index (χ0v) is 12.1. The molecule has 0 saturated carbocycles. The molecular weight excluding hydrogens is 264 g/mol. The molecule has 0 saturated heterocycles. The molecule has 19 heavy (non-hydrogen) atoms. The van der Waals surface area contributed by atoms with Crippen LogP contribution in [0.25, 0.3) is 0 Å². The highest BCUT2D eigenvalue weighted by Gasteiger charge is 2.14. The average Bonchev–Trinajstić information content (AvgIpc) is 2.37. The van der Waals surface area contributed by atoms with Crippen LogP contribution in [-0.2, 0) is 9.53 Å². The van der Waals surface area contributed by atoms with Crippen molar-refractivity contribution < 1.29 is 14.3 Å². The summed E-state index contributed by atoms with van der Waals surface area (Å²) in [5.74, 6) is 0.368. The molecule has 0 unspecified atom stereocenters. The number of anilines is 1. The summed E-state index contributed by atoms with van der Waals surface area (Å²) in [6, 6.07) is 5.34. The van der Waals surface area contributed by atoms with Crippen LogP contribution in [0.5, 0.6) is 5.75 Å². The Morgan fingerprint density at radius 2 is 2.16 bits per heavy atom. The molecule has 104 valence electrons. The van der Waals surface area contributed by atoms with Crippen molar-refractivity contribution in [2.45, 2.75) is 6.92 Å². The van der Waals surface area contributed by atoms with Crippen molar-refractivity contribution >= 4 is 28.9 Å². The van der Waals surface area contributed by atoms with E-state index in [0.717, 1.165) is 5.69 Å². The first kappa shape index (κ1) is 15.2. The Labute approximate surface area is 118 Å². The molecule has 1 aromatic carbocycles. The molecule has 0 aliphatic rings. The molecular formula is C13H18N2O3S. The van der Waals surface area contributed by atoms with Gasteiger partial charge < -0.3 is 20.1 Å². The van der Waals surface area contributed by atoms with Crippen LogP contribution in [-0.4, -0.2) is 38.3 Å². The first-order valence-electron chi connectivity index (χ1n) is 5.84. The van der Waals surface area contributed by atoms with Crippen molar-refractivity contribution in [3.8, 4) is 5.75 Å². The first-order valence-corrected chi connectivity index (χ1v) is 6.25. The summed E-state index contributed by atoms with van der Waals surface area (Å²) in [5, 5.41) is 0. The van der Waals surface area contributed by atoms with Crippen molar-refractivity contribution in [2.24, 2.45) is 5.73 Å². The molecule has 0 aliphatic heterocycles. The zero-order chi connectivity index (χ0) is 14.4. The Kier molecular flexibility index (Phi) is 5.57. The average molecular weight is 282 g/mol. The van der Waals surface area contributed by atoms with Crippen LogP contribution in [0.4, 0.5) is 5.69 Å². The lowest BCUT2D eigenvalue weighted by atomic mass is 10.1. The number of likely N-dealkylation sites (N-methyl/N-ethyl adjacent to an activating group) is 1. The van der Waals surface area contributed by atoms with Crippen LogP contribution in [0.2, 0.25) is 0 Å². The van der Waals surface area contributed by atoms with Gasteiger partial charge in [-0.15, -0.1) is 0 Å². The number of ether oxygens (including phenoxy) is 2. The van der Waals surface area contributed by atoms with Crippen LogP contribution < -0.4 is 15.4 Å². The summed E-state index contributed by atoms with van der Waals surface area (Å²) in [6.45, 7) is 2.24. The fraction of sp³-hybridized carbons (Fsp3) is 0.385. The molecule has 0 bridgehead atoms. The molecule has 0 aliphatic carbocycles. The Morgan fingerprint density at radius 1 is 1.47 bits per heavy atom. The number of hydrogen-bond acceptors (Lipinski definition) is 5. The molecule has 0 fully saturated rings. The molecule has 0 radical (unpaired) electrons. The van der Waals surface area contributed by atoms with Gasteiger partial charge in [-0.05, 0) is 19.1 Å². The number of rotatable bonds is 6. The van der Waals surface area contributed by atoms with E-state index in [4.69, 9.17) is 27.4 Å². The minimum atomic E-state index is -0.304. The Balaban J connectivity index is 3.01. The number of nitrogens with zero attached hydrogens (tertiary/aromatic N) is 1. The summed E-state index contributed by atoms with van der Waals surface area (Å²) in [4.78, 5) is 13.5. The van der Waals surface area contributed by atoms with Gasteiger partial charge in [0.1, 0.15) is 17.3 Å². The molecule has 6 heteroatoms. The van der Waals surface area contributed by atoms with Crippen molar-refractivity contribution in [2.75, 3.05) is 32.2 Å². The fourth-order valence-corrected chi connectivity index (χ4v) is 1.82. The highest BCUT2D eigenvalue weighted by atomic mass is 32.1. The van der Waals surface area contributed by atoms with E-state index < -0.39 is 0 Å². The van der Waals surface area contributed by atoms with Gasteiger partial charge in [0.25, 0.3) is 0 Å². The standard InChI is InChI=1S/C13H18N2O3S/c1-4-18-12(16)8-15(2)11-7-9(17-3)5-6-10(11)13(14)19/h5-7H,4,8H2,1-3H3,(H2,14,19). The monoisotopic (exact) mass is 282 g/mol. The fourth-order valence-electron chi connectivity index (χ4n) is 1.65. The van der Waals surface area contributed by atoms with Gasteiger partial charge in [0, 0.05) is 18.7 Å². The lowest BCUT2D eigenvalue weighted by Crippen LogP contribution is -2.29. The number of nitrogens with two attached hydrogens (primary N) is 1. The summed E-state index contributed by atoms with van der Waals surface area (Å²) in [5.41, 5.74) is 7.11. The molecule has 1 aromatic rings. The largest absolute Gasteiger partial charge is 0.497 e. The first-order chi connectivity index (χ1) is 8.99. The van der Waals surface area contributed by atoms with Gasteiger partial charge in [-0.2, -0.15) is 0 Å². The van der Waals surface area contributed by atoms with Gasteiger partial charge in [-0.3, -0.25) is 4.79 Å².